The zero-order chi connectivity index (χ0) is 8.54. The van der Waals surface area contributed by atoms with Gasteiger partial charge >= 0.3 is 7.60 Å². The molecule has 1 fully saturated rings. The topological polar surface area (TPSA) is 61.5 Å². The van der Waals surface area contributed by atoms with Crippen molar-refractivity contribution in [2.75, 3.05) is 19.5 Å². The molecule has 0 saturated carbocycles. The van der Waals surface area contributed by atoms with Gasteiger partial charge in [-0.15, -0.1) is 0 Å². The van der Waals surface area contributed by atoms with Gasteiger partial charge in [-0.2, -0.15) is 0 Å². The van der Waals surface area contributed by atoms with Crippen LogP contribution in [0.2, 0.25) is 0 Å². The first-order valence-electron chi connectivity index (χ1n) is 3.56. The van der Waals surface area contributed by atoms with Crippen molar-refractivity contribution in [2.24, 2.45) is 11.1 Å². The largest absolute Gasteiger partial charge is 0.344 e. The van der Waals surface area contributed by atoms with Crippen molar-refractivity contribution in [1.29, 1.82) is 0 Å². The zero-order valence-electron chi connectivity index (χ0n) is 6.87. The van der Waals surface area contributed by atoms with Gasteiger partial charge in [-0.25, -0.2) is 0 Å². The van der Waals surface area contributed by atoms with E-state index in [2.05, 4.69) is 0 Å². The predicted molar refractivity (Wildman–Crippen MR) is 42.3 cm³/mol. The lowest BCUT2D eigenvalue weighted by Crippen LogP contribution is -2.30. The lowest BCUT2D eigenvalue weighted by molar-refractivity contribution is 0.0417. The minimum Gasteiger partial charge on any atom is -0.320 e. The quantitative estimate of drug-likeness (QED) is 0.613. The molecule has 0 aliphatic carbocycles. The molecule has 1 heterocycles. The van der Waals surface area contributed by atoms with Crippen LogP contribution in [0.1, 0.15) is 13.8 Å². The van der Waals surface area contributed by atoms with Crippen LogP contribution in [0, 0.1) is 5.41 Å². The van der Waals surface area contributed by atoms with Crippen LogP contribution in [0.4, 0.5) is 0 Å². The van der Waals surface area contributed by atoms with E-state index in [1.807, 2.05) is 13.8 Å². The van der Waals surface area contributed by atoms with Crippen LogP contribution in [0.5, 0.6) is 0 Å². The Labute approximate surface area is 66.6 Å². The summed E-state index contributed by atoms with van der Waals surface area (Å²) >= 11 is 0. The van der Waals surface area contributed by atoms with Crippen LogP contribution >= 0.6 is 7.60 Å². The van der Waals surface area contributed by atoms with Gasteiger partial charge in [0.1, 0.15) is 0 Å². The number of rotatable bonds is 1. The van der Waals surface area contributed by atoms with E-state index in [1.165, 1.54) is 0 Å². The third-order valence-electron chi connectivity index (χ3n) is 1.53. The van der Waals surface area contributed by atoms with E-state index in [9.17, 15) is 4.57 Å². The van der Waals surface area contributed by atoms with Crippen LogP contribution in [-0.2, 0) is 13.6 Å². The fourth-order valence-corrected chi connectivity index (χ4v) is 2.11. The Morgan fingerprint density at radius 1 is 1.45 bits per heavy atom. The third-order valence-corrected chi connectivity index (χ3v) is 3.02. The van der Waals surface area contributed by atoms with Crippen molar-refractivity contribution < 1.29 is 13.6 Å². The highest BCUT2D eigenvalue weighted by Crippen LogP contribution is 2.51. The summed E-state index contributed by atoms with van der Waals surface area (Å²) in [6.07, 6.45) is -0.0247. The second kappa shape index (κ2) is 2.87. The first kappa shape index (κ1) is 9.20. The van der Waals surface area contributed by atoms with E-state index in [1.54, 1.807) is 0 Å². The normalized spacial score (nSPS) is 28.3. The molecule has 0 aromatic carbocycles. The molecule has 0 radical (unpaired) electrons. The van der Waals surface area contributed by atoms with Gasteiger partial charge in [0.05, 0.1) is 19.5 Å². The van der Waals surface area contributed by atoms with Crippen molar-refractivity contribution in [1.82, 2.24) is 0 Å². The van der Waals surface area contributed by atoms with E-state index in [0.717, 1.165) is 0 Å². The molecular formula is C6H14NO3P. The molecule has 0 atom stereocenters. The smallest absolute Gasteiger partial charge is 0.320 e. The Kier molecular flexibility index (Phi) is 2.40. The van der Waals surface area contributed by atoms with E-state index < -0.39 is 7.60 Å². The molecule has 0 aromatic rings. The molecule has 11 heavy (non-hydrogen) atoms. The molecule has 1 rings (SSSR count). The summed E-state index contributed by atoms with van der Waals surface area (Å²) in [6.45, 7) is 4.91. The zero-order valence-corrected chi connectivity index (χ0v) is 7.77. The minimum atomic E-state index is -2.90. The van der Waals surface area contributed by atoms with Crippen LogP contribution in [0.3, 0.4) is 0 Å². The molecule has 1 aliphatic heterocycles. The maximum absolute atomic E-state index is 11.3. The van der Waals surface area contributed by atoms with E-state index in [4.69, 9.17) is 14.8 Å². The average molecular weight is 179 g/mol. The Bertz CT molecular complexity index is 178. The molecule has 66 valence electrons. The van der Waals surface area contributed by atoms with E-state index in [0.29, 0.717) is 13.2 Å². The molecule has 0 amide bonds. The molecule has 0 aromatic heterocycles. The van der Waals surface area contributed by atoms with Crippen molar-refractivity contribution in [2.45, 2.75) is 13.8 Å². The van der Waals surface area contributed by atoms with Gasteiger partial charge in [-0.1, -0.05) is 13.8 Å². The summed E-state index contributed by atoms with van der Waals surface area (Å²) < 4.78 is 21.4. The van der Waals surface area contributed by atoms with Gasteiger partial charge < -0.3 is 14.8 Å². The van der Waals surface area contributed by atoms with Crippen LogP contribution in [0.25, 0.3) is 0 Å². The second-order valence-corrected chi connectivity index (χ2v) is 5.61. The Morgan fingerprint density at radius 3 is 2.27 bits per heavy atom. The summed E-state index contributed by atoms with van der Waals surface area (Å²) in [6, 6.07) is 0. The first-order chi connectivity index (χ1) is 4.97. The van der Waals surface area contributed by atoms with Crippen molar-refractivity contribution in [3.05, 3.63) is 0 Å². The maximum atomic E-state index is 11.3. The molecule has 1 aliphatic rings. The standard InChI is InChI=1S/C6H14NO3P/c1-6(2)3-9-11(8,5-7)10-4-6/h3-5,7H2,1-2H3. The molecule has 4 nitrogen and oxygen atoms in total. The van der Waals surface area contributed by atoms with Crippen molar-refractivity contribution in [3.8, 4) is 0 Å². The number of nitrogens with two attached hydrogens (primary N) is 1. The summed E-state index contributed by atoms with van der Waals surface area (Å²) in [5.41, 5.74) is 5.17. The molecule has 5 heteroatoms. The highest BCUT2D eigenvalue weighted by molar-refractivity contribution is 7.53. The van der Waals surface area contributed by atoms with Crippen LogP contribution in [-0.4, -0.2) is 19.5 Å². The highest BCUT2D eigenvalue weighted by atomic mass is 31.2. The maximum Gasteiger partial charge on any atom is 0.344 e. The molecule has 0 unspecified atom stereocenters. The van der Waals surface area contributed by atoms with E-state index in [-0.39, 0.29) is 11.7 Å². The number of hydrogen-bond acceptors (Lipinski definition) is 4. The van der Waals surface area contributed by atoms with E-state index >= 15 is 0 Å². The molecule has 2 N–H and O–H groups in total. The van der Waals surface area contributed by atoms with Gasteiger partial charge in [0.15, 0.2) is 0 Å². The average Bonchev–Trinajstić information content (AvgIpc) is 1.97. The molecule has 0 spiro atoms. The van der Waals surface area contributed by atoms with Crippen molar-refractivity contribution >= 4 is 7.60 Å². The second-order valence-electron chi connectivity index (χ2n) is 3.50. The highest BCUT2D eigenvalue weighted by Gasteiger charge is 2.35. The molecule has 0 bridgehead atoms. The third kappa shape index (κ3) is 2.27. The van der Waals surface area contributed by atoms with Crippen molar-refractivity contribution in [3.63, 3.8) is 0 Å². The summed E-state index contributed by atoms with van der Waals surface area (Å²) in [5, 5.41) is 0. The summed E-state index contributed by atoms with van der Waals surface area (Å²) in [7, 11) is -2.90. The van der Waals surface area contributed by atoms with Gasteiger partial charge in [-0.3, -0.25) is 4.57 Å². The number of hydrogen-bond donors (Lipinski definition) is 1. The Morgan fingerprint density at radius 2 is 1.91 bits per heavy atom. The Hall–Kier alpha value is 0.110. The summed E-state index contributed by atoms with van der Waals surface area (Å²) in [4.78, 5) is 0. The van der Waals surface area contributed by atoms with Gasteiger partial charge in [0, 0.05) is 5.41 Å². The minimum absolute atomic E-state index is 0.0247. The SMILES string of the molecule is CC1(C)COP(=O)(CN)OC1. The fraction of sp³-hybridized carbons (Fsp3) is 1.00. The monoisotopic (exact) mass is 179 g/mol. The van der Waals surface area contributed by atoms with Crippen LogP contribution < -0.4 is 5.73 Å². The van der Waals surface area contributed by atoms with Crippen LogP contribution in [0.15, 0.2) is 0 Å². The van der Waals surface area contributed by atoms with Gasteiger partial charge in [0.25, 0.3) is 0 Å². The first-order valence-corrected chi connectivity index (χ1v) is 5.28. The molecular weight excluding hydrogens is 165 g/mol. The lowest BCUT2D eigenvalue weighted by Gasteiger charge is -2.33. The van der Waals surface area contributed by atoms with Gasteiger partial charge in [-0.05, 0) is 0 Å². The fourth-order valence-electron chi connectivity index (χ4n) is 0.731. The lowest BCUT2D eigenvalue weighted by atomic mass is 9.97. The predicted octanol–water partition coefficient (Wildman–Crippen LogP) is 1.17. The van der Waals surface area contributed by atoms with Gasteiger partial charge in [0.2, 0.25) is 0 Å². The Balaban J connectivity index is 2.55. The molecule has 1 saturated heterocycles. The summed E-state index contributed by atoms with van der Waals surface area (Å²) in [5.74, 6) is 0.